The van der Waals surface area contributed by atoms with E-state index in [1.807, 2.05) is 0 Å². The van der Waals surface area contributed by atoms with Gasteiger partial charge in [0.15, 0.2) is 0 Å². The minimum absolute atomic E-state index is 0.0281. The van der Waals surface area contributed by atoms with E-state index in [4.69, 9.17) is 23.2 Å². The van der Waals surface area contributed by atoms with Crippen LogP contribution in [0.1, 0.15) is 0 Å². The van der Waals surface area contributed by atoms with Gasteiger partial charge in [0.1, 0.15) is 10.9 Å². The average Bonchev–Trinajstić information content (AvgIpc) is 2.37. The molecular formula is C11H11BrCl2N2O4S. The summed E-state index contributed by atoms with van der Waals surface area (Å²) >= 11 is 15.1. The Kier molecular flexibility index (Phi) is 5.17. The topological polar surface area (TPSA) is 86.7 Å². The van der Waals surface area contributed by atoms with Crippen molar-refractivity contribution in [1.29, 1.82) is 0 Å². The highest BCUT2D eigenvalue weighted by atomic mass is 79.9. The summed E-state index contributed by atoms with van der Waals surface area (Å²) < 4.78 is 26.9. The summed E-state index contributed by atoms with van der Waals surface area (Å²) in [5.41, 5.74) is 0. The van der Waals surface area contributed by atoms with Crippen LogP contribution in [0.3, 0.4) is 0 Å². The maximum atomic E-state index is 12.7. The van der Waals surface area contributed by atoms with Crippen molar-refractivity contribution in [3.63, 3.8) is 0 Å². The van der Waals surface area contributed by atoms with Gasteiger partial charge in [0.05, 0.1) is 10.0 Å². The number of carbonyl (C=O) groups is 1. The number of sulfonamides is 1. The fraction of sp³-hybridized carbons (Fsp3) is 0.364. The molecule has 6 nitrogen and oxygen atoms in total. The highest BCUT2D eigenvalue weighted by Gasteiger charge is 2.39. The van der Waals surface area contributed by atoms with E-state index in [0.717, 1.165) is 4.31 Å². The molecule has 2 rings (SSSR count). The molecule has 1 atom stereocenters. The summed E-state index contributed by atoms with van der Waals surface area (Å²) in [7, 11) is -4.11. The Morgan fingerprint density at radius 3 is 2.48 bits per heavy atom. The molecule has 1 aromatic carbocycles. The van der Waals surface area contributed by atoms with Crippen LogP contribution in [0.5, 0.6) is 0 Å². The highest BCUT2D eigenvalue weighted by Crippen LogP contribution is 2.35. The van der Waals surface area contributed by atoms with Crippen molar-refractivity contribution < 1.29 is 18.3 Å². The number of hydrogen-bond acceptors (Lipinski definition) is 4. The van der Waals surface area contributed by atoms with E-state index >= 15 is 0 Å². The van der Waals surface area contributed by atoms with Crippen LogP contribution in [0, 0.1) is 0 Å². The smallest absolute Gasteiger partial charge is 0.323 e. The summed E-state index contributed by atoms with van der Waals surface area (Å²) in [6.45, 7) is 0.414. The summed E-state index contributed by atoms with van der Waals surface area (Å²) in [5, 5.41) is 11.9. The average molecular weight is 418 g/mol. The van der Waals surface area contributed by atoms with Crippen LogP contribution in [0.2, 0.25) is 10.0 Å². The van der Waals surface area contributed by atoms with E-state index < -0.39 is 22.0 Å². The first kappa shape index (κ1) is 17.0. The molecule has 1 aliphatic heterocycles. The van der Waals surface area contributed by atoms with Crippen LogP contribution in [0.15, 0.2) is 21.5 Å². The SMILES string of the molecule is O=C(O)C1CNCCN1S(=O)(=O)c1c(Cl)cc(Br)cc1Cl. The third-order valence-corrected chi connectivity index (χ3v) is 6.30. The number of aliphatic carboxylic acids is 1. The van der Waals surface area contributed by atoms with Gasteiger partial charge < -0.3 is 10.4 Å². The first-order valence-electron chi connectivity index (χ1n) is 5.85. The summed E-state index contributed by atoms with van der Waals surface area (Å²) in [5.74, 6) is -1.23. The van der Waals surface area contributed by atoms with E-state index in [9.17, 15) is 18.3 Å². The van der Waals surface area contributed by atoms with Gasteiger partial charge in [0.25, 0.3) is 0 Å². The van der Waals surface area contributed by atoms with Gasteiger partial charge in [-0.05, 0) is 12.1 Å². The Morgan fingerprint density at radius 1 is 1.38 bits per heavy atom. The normalized spacial score (nSPS) is 20.4. The second-order valence-corrected chi connectivity index (χ2v) is 7.93. The lowest BCUT2D eigenvalue weighted by atomic mass is 10.2. The molecule has 0 radical (unpaired) electrons. The fourth-order valence-electron chi connectivity index (χ4n) is 2.08. The Bertz CT molecular complexity index is 660. The van der Waals surface area contributed by atoms with Crippen molar-refractivity contribution in [1.82, 2.24) is 9.62 Å². The molecule has 2 N–H and O–H groups in total. The van der Waals surface area contributed by atoms with Crippen LogP contribution in [0.4, 0.5) is 0 Å². The molecule has 1 heterocycles. The number of carboxylic acids is 1. The number of halogens is 3. The molecular weight excluding hydrogens is 407 g/mol. The summed E-state index contributed by atoms with van der Waals surface area (Å²) in [6, 6.07) is 1.61. The van der Waals surface area contributed by atoms with Gasteiger partial charge in [0, 0.05) is 24.1 Å². The first-order valence-corrected chi connectivity index (χ1v) is 8.84. The zero-order valence-electron chi connectivity index (χ0n) is 10.5. The molecule has 10 heteroatoms. The third kappa shape index (κ3) is 3.35. The molecule has 0 spiro atoms. The minimum atomic E-state index is -4.11. The molecule has 0 saturated carbocycles. The zero-order chi connectivity index (χ0) is 15.8. The number of rotatable bonds is 3. The van der Waals surface area contributed by atoms with Gasteiger partial charge in [-0.1, -0.05) is 39.1 Å². The van der Waals surface area contributed by atoms with Crippen LogP contribution >= 0.6 is 39.1 Å². The number of piperazine rings is 1. The fourth-order valence-corrected chi connectivity index (χ4v) is 5.55. The maximum absolute atomic E-state index is 12.7. The lowest BCUT2D eigenvalue weighted by molar-refractivity contribution is -0.141. The number of nitrogens with zero attached hydrogens (tertiary/aromatic N) is 1. The summed E-state index contributed by atoms with van der Waals surface area (Å²) in [4.78, 5) is 11.0. The van der Waals surface area contributed by atoms with E-state index in [2.05, 4.69) is 21.2 Å². The van der Waals surface area contributed by atoms with Crippen molar-refractivity contribution in [2.24, 2.45) is 0 Å². The van der Waals surface area contributed by atoms with E-state index in [-0.39, 0.29) is 28.0 Å². The van der Waals surface area contributed by atoms with Crippen LogP contribution in [-0.2, 0) is 14.8 Å². The Labute approximate surface area is 140 Å². The van der Waals surface area contributed by atoms with Gasteiger partial charge >= 0.3 is 5.97 Å². The molecule has 0 bridgehead atoms. The molecule has 1 aromatic rings. The predicted molar refractivity (Wildman–Crippen MR) is 82.3 cm³/mol. The standard InChI is InChI=1S/C11H11BrCl2N2O4S/c12-6-3-7(13)10(8(14)4-6)21(19,20)16-2-1-15-5-9(16)11(17)18/h3-4,9,15H,1-2,5H2,(H,17,18). The van der Waals surface area contributed by atoms with Crippen LogP contribution < -0.4 is 5.32 Å². The molecule has 0 aromatic heterocycles. The zero-order valence-corrected chi connectivity index (χ0v) is 14.4. The van der Waals surface area contributed by atoms with Gasteiger partial charge in [-0.15, -0.1) is 0 Å². The monoisotopic (exact) mass is 416 g/mol. The highest BCUT2D eigenvalue weighted by molar-refractivity contribution is 9.10. The Hall–Kier alpha value is -0.380. The summed E-state index contributed by atoms with van der Waals surface area (Å²) in [6.07, 6.45) is 0. The van der Waals surface area contributed by atoms with Crippen molar-refractivity contribution >= 4 is 55.1 Å². The van der Waals surface area contributed by atoms with Crippen LogP contribution in [-0.4, -0.2) is 49.5 Å². The maximum Gasteiger partial charge on any atom is 0.323 e. The van der Waals surface area contributed by atoms with Crippen molar-refractivity contribution in [2.75, 3.05) is 19.6 Å². The first-order chi connectivity index (χ1) is 9.75. The molecule has 1 fully saturated rings. The second-order valence-electron chi connectivity index (χ2n) is 4.37. The van der Waals surface area contributed by atoms with Gasteiger partial charge in [0.2, 0.25) is 10.0 Å². The molecule has 21 heavy (non-hydrogen) atoms. The largest absolute Gasteiger partial charge is 0.480 e. The molecule has 0 aliphatic carbocycles. The lowest BCUT2D eigenvalue weighted by Gasteiger charge is -2.32. The third-order valence-electron chi connectivity index (χ3n) is 3.01. The van der Waals surface area contributed by atoms with Crippen molar-refractivity contribution in [3.8, 4) is 0 Å². The molecule has 1 saturated heterocycles. The number of carboxylic acid groups (broad SMARTS) is 1. The second kappa shape index (κ2) is 6.39. The van der Waals surface area contributed by atoms with Crippen molar-refractivity contribution in [3.05, 3.63) is 26.7 Å². The van der Waals surface area contributed by atoms with Gasteiger partial charge in [-0.25, -0.2) is 8.42 Å². The minimum Gasteiger partial charge on any atom is -0.480 e. The number of benzene rings is 1. The predicted octanol–water partition coefficient (Wildman–Crippen LogP) is 1.80. The van der Waals surface area contributed by atoms with E-state index in [0.29, 0.717) is 11.0 Å². The molecule has 116 valence electrons. The van der Waals surface area contributed by atoms with Crippen molar-refractivity contribution in [2.45, 2.75) is 10.9 Å². The molecule has 1 aliphatic rings. The van der Waals surface area contributed by atoms with E-state index in [1.165, 1.54) is 12.1 Å². The van der Waals surface area contributed by atoms with E-state index in [1.54, 1.807) is 0 Å². The number of nitrogens with one attached hydrogen (secondary N) is 1. The Morgan fingerprint density at radius 2 is 1.95 bits per heavy atom. The Balaban J connectivity index is 2.53. The molecule has 1 unspecified atom stereocenters. The van der Waals surface area contributed by atoms with Gasteiger partial charge in [-0.2, -0.15) is 4.31 Å². The lowest BCUT2D eigenvalue weighted by Crippen LogP contribution is -2.56. The van der Waals surface area contributed by atoms with Gasteiger partial charge in [-0.3, -0.25) is 4.79 Å². The number of hydrogen-bond donors (Lipinski definition) is 2. The molecule has 0 amide bonds. The quantitative estimate of drug-likeness (QED) is 0.782. The van der Waals surface area contributed by atoms with Crippen LogP contribution in [0.25, 0.3) is 0 Å².